The SMILES string of the molecule is COC(=O)NC(C(=O)N1CCC[C@H]1c1ncc(-c2ccc3c(c2)Sc2cc(-c4cnc([C@@H]5CCCN5C(=O)[C@@H](NC(=O)OC)C(C)C)[nH]4)ccc2S3)[nH]1)C(C)C. The van der Waals surface area contributed by atoms with E-state index in [4.69, 9.17) is 19.4 Å². The molecule has 4 amide bonds. The maximum Gasteiger partial charge on any atom is 0.407 e. The van der Waals surface area contributed by atoms with Crippen molar-refractivity contribution in [2.24, 2.45) is 11.8 Å². The number of carbonyl (C=O) groups excluding carboxylic acids is 4. The minimum absolute atomic E-state index is 0.110. The monoisotopic (exact) mass is 800 g/mol. The van der Waals surface area contributed by atoms with Crippen molar-refractivity contribution in [1.29, 1.82) is 0 Å². The van der Waals surface area contributed by atoms with Crippen LogP contribution in [0.1, 0.15) is 77.1 Å². The number of rotatable bonds is 10. The third-order valence-corrected chi connectivity index (χ3v) is 13.2. The zero-order valence-corrected chi connectivity index (χ0v) is 34.0. The standard InChI is InChI=1S/C40H48N8O6S2/c1-21(2)33(45-39(51)53-5)37(49)47-15-7-9-27(47)35-41-19-25(43-35)23-11-13-29-31(17-23)56-32-18-24(12-14-30(32)55-29)26-20-42-36(44-26)28-10-8-16-48(28)38(50)34(22(3)4)46-40(52)54-6/h11-14,17-22,27-28,33-34H,7-10,15-16H2,1-6H3,(H,41,43)(H,42,44)(H,45,51)(H,46,52)/t27-,28-,33-,34?/m0/s1. The van der Waals surface area contributed by atoms with E-state index in [-0.39, 0.29) is 35.7 Å². The number of hydrogen-bond acceptors (Lipinski definition) is 10. The molecule has 296 valence electrons. The molecule has 2 aromatic carbocycles. The fourth-order valence-corrected chi connectivity index (χ4v) is 9.88. The maximum atomic E-state index is 13.6. The molecule has 0 aliphatic carbocycles. The van der Waals surface area contributed by atoms with E-state index in [2.05, 4.69) is 57.0 Å². The van der Waals surface area contributed by atoms with Gasteiger partial charge in [-0.1, -0.05) is 63.4 Å². The normalized spacial score (nSPS) is 18.7. The zero-order chi connectivity index (χ0) is 39.7. The first kappa shape index (κ1) is 39.3. The smallest absolute Gasteiger partial charge is 0.407 e. The summed E-state index contributed by atoms with van der Waals surface area (Å²) in [4.78, 5) is 75.9. The number of carbonyl (C=O) groups is 4. The summed E-state index contributed by atoms with van der Waals surface area (Å²) in [5, 5.41) is 5.41. The number of benzene rings is 2. The van der Waals surface area contributed by atoms with Gasteiger partial charge in [-0.05, 0) is 61.8 Å². The number of ether oxygens (including phenoxy) is 2. The Morgan fingerprint density at radius 3 is 1.48 bits per heavy atom. The van der Waals surface area contributed by atoms with Crippen LogP contribution in [-0.4, -0.2) is 93.1 Å². The minimum Gasteiger partial charge on any atom is -0.453 e. The van der Waals surface area contributed by atoms with Gasteiger partial charge in [0.15, 0.2) is 0 Å². The minimum atomic E-state index is -0.694. The first-order chi connectivity index (χ1) is 26.9. The maximum absolute atomic E-state index is 13.6. The van der Waals surface area contributed by atoms with E-state index in [9.17, 15) is 19.2 Å². The van der Waals surface area contributed by atoms with E-state index >= 15 is 0 Å². The summed E-state index contributed by atoms with van der Waals surface area (Å²) >= 11 is 3.44. The number of aromatic amines is 2. The molecular formula is C40H48N8O6S2. The molecule has 56 heavy (non-hydrogen) atoms. The molecule has 2 aromatic heterocycles. The Kier molecular flexibility index (Phi) is 11.7. The van der Waals surface area contributed by atoms with Gasteiger partial charge < -0.3 is 39.9 Å². The van der Waals surface area contributed by atoms with Crippen LogP contribution < -0.4 is 10.6 Å². The van der Waals surface area contributed by atoms with E-state index in [1.165, 1.54) is 24.0 Å². The number of likely N-dealkylation sites (tertiary alicyclic amines) is 2. The number of nitrogens with zero attached hydrogens (tertiary/aromatic N) is 4. The summed E-state index contributed by atoms with van der Waals surface area (Å²) in [6.45, 7) is 8.80. The van der Waals surface area contributed by atoms with Gasteiger partial charge in [0, 0.05) is 43.8 Å². The summed E-state index contributed by atoms with van der Waals surface area (Å²) in [5.74, 6) is 0.948. The van der Waals surface area contributed by atoms with Crippen LogP contribution in [0.3, 0.4) is 0 Å². The van der Waals surface area contributed by atoms with Gasteiger partial charge in [0.25, 0.3) is 0 Å². The second-order valence-corrected chi connectivity index (χ2v) is 17.2. The van der Waals surface area contributed by atoms with Crippen LogP contribution in [0.25, 0.3) is 22.5 Å². The Morgan fingerprint density at radius 2 is 1.09 bits per heavy atom. The van der Waals surface area contributed by atoms with Gasteiger partial charge in [-0.15, -0.1) is 0 Å². The molecule has 4 atom stereocenters. The van der Waals surface area contributed by atoms with E-state index in [1.54, 1.807) is 23.5 Å². The number of imidazole rings is 2. The molecule has 16 heteroatoms. The molecule has 7 rings (SSSR count). The molecule has 0 spiro atoms. The predicted octanol–water partition coefficient (Wildman–Crippen LogP) is 7.17. The van der Waals surface area contributed by atoms with Crippen LogP contribution in [-0.2, 0) is 19.1 Å². The first-order valence-corrected chi connectivity index (χ1v) is 20.6. The quantitative estimate of drug-likeness (QED) is 0.113. The van der Waals surface area contributed by atoms with Gasteiger partial charge in [-0.2, -0.15) is 0 Å². The summed E-state index contributed by atoms with van der Waals surface area (Å²) < 4.78 is 9.55. The Morgan fingerprint density at radius 1 is 0.679 bits per heavy atom. The lowest BCUT2D eigenvalue weighted by Crippen LogP contribution is -2.51. The highest BCUT2D eigenvalue weighted by Crippen LogP contribution is 2.50. The molecule has 2 fully saturated rings. The van der Waals surface area contributed by atoms with Crippen molar-refractivity contribution in [1.82, 2.24) is 40.4 Å². The first-order valence-electron chi connectivity index (χ1n) is 19.0. The number of hydrogen-bond donors (Lipinski definition) is 4. The van der Waals surface area contributed by atoms with Crippen LogP contribution in [0.5, 0.6) is 0 Å². The molecular weight excluding hydrogens is 753 g/mol. The van der Waals surface area contributed by atoms with E-state index in [1.807, 2.05) is 49.9 Å². The Labute approximate surface area is 334 Å². The van der Waals surface area contributed by atoms with Crippen LogP contribution in [0, 0.1) is 11.8 Å². The summed E-state index contributed by atoms with van der Waals surface area (Å²) in [7, 11) is 2.58. The van der Waals surface area contributed by atoms with Crippen molar-refractivity contribution in [3.05, 3.63) is 60.4 Å². The second-order valence-electron chi connectivity index (χ2n) is 15.0. The average Bonchev–Trinajstić information content (AvgIpc) is 4.03. The molecule has 0 saturated carbocycles. The van der Waals surface area contributed by atoms with Crippen LogP contribution in [0.4, 0.5) is 9.59 Å². The molecule has 1 unspecified atom stereocenters. The molecule has 5 heterocycles. The number of aromatic nitrogens is 4. The van der Waals surface area contributed by atoms with Gasteiger partial charge in [0.1, 0.15) is 23.7 Å². The van der Waals surface area contributed by atoms with E-state index in [0.29, 0.717) is 13.1 Å². The highest BCUT2D eigenvalue weighted by atomic mass is 32.2. The topological polar surface area (TPSA) is 175 Å². The number of fused-ring (bicyclic) bond motifs is 2. The molecule has 2 saturated heterocycles. The number of amides is 4. The molecule has 0 radical (unpaired) electrons. The summed E-state index contributed by atoms with van der Waals surface area (Å²) in [6.07, 6.45) is 5.64. The lowest BCUT2D eigenvalue weighted by atomic mass is 10.0. The van der Waals surface area contributed by atoms with Crippen molar-refractivity contribution in [3.8, 4) is 22.5 Å². The lowest BCUT2D eigenvalue weighted by molar-refractivity contribution is -0.136. The molecule has 4 aromatic rings. The van der Waals surface area contributed by atoms with Crippen LogP contribution >= 0.6 is 23.5 Å². The molecule has 3 aliphatic rings. The van der Waals surface area contributed by atoms with Crippen molar-refractivity contribution >= 4 is 47.5 Å². The van der Waals surface area contributed by atoms with Crippen molar-refractivity contribution in [3.63, 3.8) is 0 Å². The fourth-order valence-electron chi connectivity index (χ4n) is 7.61. The average molecular weight is 801 g/mol. The molecule has 14 nitrogen and oxygen atoms in total. The van der Waals surface area contributed by atoms with E-state index < -0.39 is 24.3 Å². The van der Waals surface area contributed by atoms with Crippen molar-refractivity contribution in [2.45, 2.75) is 97.1 Å². The third kappa shape index (κ3) is 7.99. The molecule has 3 aliphatic heterocycles. The Balaban J connectivity index is 1.05. The van der Waals surface area contributed by atoms with Gasteiger partial charge >= 0.3 is 12.2 Å². The Bertz CT molecular complexity index is 1970. The van der Waals surface area contributed by atoms with Crippen LogP contribution in [0.15, 0.2) is 68.4 Å². The highest BCUT2D eigenvalue weighted by molar-refractivity contribution is 8.05. The number of alkyl carbamates (subject to hydrolysis) is 2. The van der Waals surface area contributed by atoms with Gasteiger partial charge in [0.05, 0.1) is 50.1 Å². The largest absolute Gasteiger partial charge is 0.453 e. The number of nitrogens with one attached hydrogen (secondary N) is 4. The summed E-state index contributed by atoms with van der Waals surface area (Å²) in [5.41, 5.74) is 3.72. The fraction of sp³-hybridized carbons (Fsp3) is 0.450. The van der Waals surface area contributed by atoms with Crippen molar-refractivity contribution in [2.75, 3.05) is 27.3 Å². The highest BCUT2D eigenvalue weighted by Gasteiger charge is 2.39. The van der Waals surface area contributed by atoms with Gasteiger partial charge in [0.2, 0.25) is 11.8 Å². The lowest BCUT2D eigenvalue weighted by Gasteiger charge is -2.30. The van der Waals surface area contributed by atoms with Gasteiger partial charge in [-0.3, -0.25) is 9.59 Å². The zero-order valence-electron chi connectivity index (χ0n) is 32.4. The molecule has 4 N–H and O–H groups in total. The van der Waals surface area contributed by atoms with E-state index in [0.717, 1.165) is 69.6 Å². The molecule has 0 bridgehead atoms. The number of methoxy groups -OCH3 is 2. The number of H-pyrrole nitrogens is 2. The summed E-state index contributed by atoms with van der Waals surface area (Å²) in [6, 6.07) is 11.0. The predicted molar refractivity (Wildman–Crippen MR) is 212 cm³/mol. The van der Waals surface area contributed by atoms with Crippen LogP contribution in [0.2, 0.25) is 0 Å². The van der Waals surface area contributed by atoms with Gasteiger partial charge in [-0.25, -0.2) is 19.6 Å². The van der Waals surface area contributed by atoms with Crippen molar-refractivity contribution < 1.29 is 28.7 Å². The third-order valence-electron chi connectivity index (χ3n) is 10.6. The second kappa shape index (κ2) is 16.6. The Hall–Kier alpha value is -4.96.